The minimum Gasteiger partial charge on any atom is -0.455 e. The van der Waals surface area contributed by atoms with Crippen molar-refractivity contribution >= 4 is 11.8 Å². The summed E-state index contributed by atoms with van der Waals surface area (Å²) in [7, 11) is 0. The van der Waals surface area contributed by atoms with Gasteiger partial charge in [-0.15, -0.1) is 11.8 Å². The molecule has 2 aromatic rings. The molecule has 1 atom stereocenters. The van der Waals surface area contributed by atoms with Gasteiger partial charge >= 0.3 is 0 Å². The lowest BCUT2D eigenvalue weighted by atomic mass is 10.0. The summed E-state index contributed by atoms with van der Waals surface area (Å²) in [6.45, 7) is 4.32. The van der Waals surface area contributed by atoms with Crippen molar-refractivity contribution in [3.8, 4) is 5.75 Å². The first-order chi connectivity index (χ1) is 11.3. The minimum atomic E-state index is -0.762. The second-order valence-corrected chi connectivity index (χ2v) is 6.68. The molecular weight excluding hydrogens is 306 g/mol. The summed E-state index contributed by atoms with van der Waals surface area (Å²) in [6, 6.07) is 18.4. The van der Waals surface area contributed by atoms with Crippen molar-refractivity contribution in [1.29, 1.82) is 0 Å². The zero-order chi connectivity index (χ0) is 16.0. The highest BCUT2D eigenvalue weighted by atomic mass is 32.2. The molecular formula is C19H23NO2S. The van der Waals surface area contributed by atoms with Crippen LogP contribution in [0.5, 0.6) is 5.75 Å². The second kappa shape index (κ2) is 7.86. The first-order valence-corrected chi connectivity index (χ1v) is 9.14. The van der Waals surface area contributed by atoms with Crippen molar-refractivity contribution in [2.24, 2.45) is 0 Å². The molecule has 122 valence electrons. The molecule has 3 rings (SSSR count). The van der Waals surface area contributed by atoms with Crippen LogP contribution in [-0.4, -0.2) is 25.4 Å². The van der Waals surface area contributed by atoms with Gasteiger partial charge in [0.2, 0.25) is 5.79 Å². The summed E-state index contributed by atoms with van der Waals surface area (Å²) in [5.74, 6) is 1.21. The molecule has 4 heteroatoms. The zero-order valence-electron chi connectivity index (χ0n) is 13.5. The van der Waals surface area contributed by atoms with E-state index in [1.807, 2.05) is 42.1 Å². The van der Waals surface area contributed by atoms with Crippen LogP contribution in [0.15, 0.2) is 59.5 Å². The van der Waals surface area contributed by atoms with E-state index in [4.69, 9.17) is 9.47 Å². The fourth-order valence-electron chi connectivity index (χ4n) is 2.64. The van der Waals surface area contributed by atoms with Crippen LogP contribution >= 0.6 is 11.8 Å². The van der Waals surface area contributed by atoms with Gasteiger partial charge in [0.15, 0.2) is 0 Å². The van der Waals surface area contributed by atoms with Crippen molar-refractivity contribution in [3.63, 3.8) is 0 Å². The number of morpholine rings is 1. The molecule has 1 aliphatic heterocycles. The van der Waals surface area contributed by atoms with Crippen LogP contribution in [0.1, 0.15) is 18.9 Å². The Kier molecular flexibility index (Phi) is 5.60. The monoisotopic (exact) mass is 329 g/mol. The summed E-state index contributed by atoms with van der Waals surface area (Å²) >= 11 is 1.83. The van der Waals surface area contributed by atoms with Crippen LogP contribution in [0, 0.1) is 0 Å². The van der Waals surface area contributed by atoms with Crippen molar-refractivity contribution in [3.05, 3.63) is 60.2 Å². The number of rotatable bonds is 6. The molecule has 0 saturated carbocycles. The average molecular weight is 329 g/mol. The van der Waals surface area contributed by atoms with Crippen LogP contribution in [0.25, 0.3) is 0 Å². The van der Waals surface area contributed by atoms with Crippen LogP contribution in [0.3, 0.4) is 0 Å². The molecule has 1 unspecified atom stereocenters. The Balaban J connectivity index is 1.91. The molecule has 1 N–H and O–H groups in total. The Morgan fingerprint density at radius 1 is 1.13 bits per heavy atom. The average Bonchev–Trinajstić information content (AvgIpc) is 2.62. The molecule has 0 bridgehead atoms. The smallest absolute Gasteiger partial charge is 0.250 e. The van der Waals surface area contributed by atoms with Crippen molar-refractivity contribution in [1.82, 2.24) is 5.32 Å². The first kappa shape index (κ1) is 16.4. The lowest BCUT2D eigenvalue weighted by molar-refractivity contribution is -0.204. The number of nitrogens with one attached hydrogen (secondary N) is 1. The number of hydrogen-bond donors (Lipinski definition) is 1. The molecule has 1 fully saturated rings. The highest BCUT2D eigenvalue weighted by Crippen LogP contribution is 2.36. The van der Waals surface area contributed by atoms with Crippen LogP contribution in [0.4, 0.5) is 0 Å². The van der Waals surface area contributed by atoms with E-state index in [9.17, 15) is 0 Å². The van der Waals surface area contributed by atoms with Gasteiger partial charge in [-0.2, -0.15) is 0 Å². The number of thioether (sulfide) groups is 1. The second-order valence-electron chi connectivity index (χ2n) is 5.54. The van der Waals surface area contributed by atoms with E-state index in [1.165, 1.54) is 4.90 Å². The standard InChI is InChI=1S/C19H23NO2S/c1-2-14-23-18-11-7-6-10-17(18)22-19(15-20-12-13-21-19)16-8-4-3-5-9-16/h3-11,20H,2,12-15H2,1H3. The molecule has 2 aromatic carbocycles. The van der Waals surface area contributed by atoms with Crippen LogP contribution < -0.4 is 10.1 Å². The third-order valence-electron chi connectivity index (χ3n) is 3.77. The predicted octanol–water partition coefficient (Wildman–Crippen LogP) is 4.04. The lowest BCUT2D eigenvalue weighted by Gasteiger charge is -2.38. The molecule has 0 aromatic heterocycles. The summed E-state index contributed by atoms with van der Waals surface area (Å²) < 4.78 is 12.6. The van der Waals surface area contributed by atoms with Crippen molar-refractivity contribution < 1.29 is 9.47 Å². The number of para-hydroxylation sites is 1. The van der Waals surface area contributed by atoms with Crippen LogP contribution in [0.2, 0.25) is 0 Å². The molecule has 0 aliphatic carbocycles. The van der Waals surface area contributed by atoms with Gasteiger partial charge in [-0.05, 0) is 24.3 Å². The maximum Gasteiger partial charge on any atom is 0.250 e. The minimum absolute atomic E-state index is 0.638. The van der Waals surface area contributed by atoms with Crippen LogP contribution in [-0.2, 0) is 10.5 Å². The third-order valence-corrected chi connectivity index (χ3v) is 5.03. The van der Waals surface area contributed by atoms with Gasteiger partial charge in [-0.25, -0.2) is 0 Å². The third kappa shape index (κ3) is 3.89. The van der Waals surface area contributed by atoms with Crippen molar-refractivity contribution in [2.75, 3.05) is 25.4 Å². The molecule has 1 heterocycles. The highest BCUT2D eigenvalue weighted by Gasteiger charge is 2.38. The number of benzene rings is 2. The fraction of sp³-hybridized carbons (Fsp3) is 0.368. The van der Waals surface area contributed by atoms with E-state index in [2.05, 4.69) is 36.5 Å². The Labute approximate surface area is 142 Å². The van der Waals surface area contributed by atoms with E-state index in [1.54, 1.807) is 0 Å². The quantitative estimate of drug-likeness (QED) is 0.810. The zero-order valence-corrected chi connectivity index (χ0v) is 14.3. The molecule has 23 heavy (non-hydrogen) atoms. The number of hydrogen-bond acceptors (Lipinski definition) is 4. The Bertz CT molecular complexity index is 612. The van der Waals surface area contributed by atoms with E-state index < -0.39 is 5.79 Å². The van der Waals surface area contributed by atoms with Gasteiger partial charge < -0.3 is 14.8 Å². The molecule has 1 aliphatic rings. The van der Waals surface area contributed by atoms with Gasteiger partial charge in [-0.1, -0.05) is 49.4 Å². The summed E-state index contributed by atoms with van der Waals surface area (Å²) in [6.07, 6.45) is 1.14. The normalized spacial score (nSPS) is 21.1. The van der Waals surface area contributed by atoms with Gasteiger partial charge in [0.25, 0.3) is 0 Å². The molecule has 0 spiro atoms. The summed E-state index contributed by atoms with van der Waals surface area (Å²) in [5, 5.41) is 3.40. The SMILES string of the molecule is CCCSc1ccccc1OC1(c2ccccc2)CNCCO1. The lowest BCUT2D eigenvalue weighted by Crippen LogP contribution is -2.51. The maximum atomic E-state index is 6.45. The Hall–Kier alpha value is -1.49. The van der Waals surface area contributed by atoms with E-state index in [0.29, 0.717) is 13.2 Å². The summed E-state index contributed by atoms with van der Waals surface area (Å²) in [5.41, 5.74) is 1.04. The number of ether oxygens (including phenoxy) is 2. The molecule has 3 nitrogen and oxygen atoms in total. The molecule has 0 radical (unpaired) electrons. The van der Waals surface area contributed by atoms with E-state index in [0.717, 1.165) is 30.0 Å². The molecule has 0 amide bonds. The topological polar surface area (TPSA) is 30.5 Å². The largest absolute Gasteiger partial charge is 0.455 e. The fourth-order valence-corrected chi connectivity index (χ4v) is 3.49. The van der Waals surface area contributed by atoms with E-state index in [-0.39, 0.29) is 0 Å². The van der Waals surface area contributed by atoms with Gasteiger partial charge in [0.05, 0.1) is 13.2 Å². The molecule has 1 saturated heterocycles. The van der Waals surface area contributed by atoms with Gasteiger partial charge in [0, 0.05) is 17.0 Å². The van der Waals surface area contributed by atoms with Gasteiger partial charge in [-0.3, -0.25) is 0 Å². The Morgan fingerprint density at radius 2 is 1.91 bits per heavy atom. The Morgan fingerprint density at radius 3 is 2.65 bits per heavy atom. The van der Waals surface area contributed by atoms with Gasteiger partial charge in [0.1, 0.15) is 5.75 Å². The van der Waals surface area contributed by atoms with E-state index >= 15 is 0 Å². The highest BCUT2D eigenvalue weighted by molar-refractivity contribution is 7.99. The summed E-state index contributed by atoms with van der Waals surface area (Å²) in [4.78, 5) is 1.17. The maximum absolute atomic E-state index is 6.45. The first-order valence-electron chi connectivity index (χ1n) is 8.15. The predicted molar refractivity (Wildman–Crippen MR) is 95.0 cm³/mol. The van der Waals surface area contributed by atoms with Crippen molar-refractivity contribution in [2.45, 2.75) is 24.0 Å².